The molecule has 2 aliphatic rings. The van der Waals surface area contributed by atoms with Gasteiger partial charge in [-0.05, 0) is 75.3 Å². The lowest BCUT2D eigenvalue weighted by Crippen LogP contribution is -2.28. The first-order valence-corrected chi connectivity index (χ1v) is 11.0. The summed E-state index contributed by atoms with van der Waals surface area (Å²) in [6.07, 6.45) is 5.60. The van der Waals surface area contributed by atoms with E-state index in [4.69, 9.17) is 0 Å². The normalized spacial score (nSPS) is 22.1. The Morgan fingerprint density at radius 3 is 2.46 bits per heavy atom. The van der Waals surface area contributed by atoms with E-state index in [1.165, 1.54) is 28.6 Å². The molecule has 1 aromatic carbocycles. The van der Waals surface area contributed by atoms with Crippen molar-refractivity contribution in [3.05, 3.63) is 53.6 Å². The first kappa shape index (κ1) is 20.5. The van der Waals surface area contributed by atoms with Crippen LogP contribution in [0.5, 0.6) is 0 Å². The molecule has 0 spiro atoms. The quantitative estimate of drug-likeness (QED) is 0.606. The highest BCUT2D eigenvalue weighted by Gasteiger charge is 2.27. The molecule has 1 atom stereocenters. The van der Waals surface area contributed by atoms with Crippen LogP contribution >= 0.6 is 0 Å². The van der Waals surface area contributed by atoms with E-state index in [-0.39, 0.29) is 10.8 Å². The largest absolute Gasteiger partial charge is 0.271 e. The van der Waals surface area contributed by atoms with Crippen molar-refractivity contribution >= 4 is 21.6 Å². The van der Waals surface area contributed by atoms with Gasteiger partial charge in [0.2, 0.25) is 10.0 Å². The van der Waals surface area contributed by atoms with Gasteiger partial charge in [0, 0.05) is 18.7 Å². The molecule has 0 radical (unpaired) electrons. The van der Waals surface area contributed by atoms with Gasteiger partial charge in [-0.2, -0.15) is 9.41 Å². The lowest BCUT2D eigenvalue weighted by atomic mass is 9.85. The first-order valence-electron chi connectivity index (χ1n) is 9.58. The summed E-state index contributed by atoms with van der Waals surface area (Å²) in [5.41, 5.74) is 5.98. The SMILES string of the molecule is C=C(C)[C@@H]1CC=C(C)/C(=N\NC(=O)c2ccc(S(=O)(=O)N3CCCC3)cc2)C1. The van der Waals surface area contributed by atoms with Gasteiger partial charge in [-0.1, -0.05) is 18.2 Å². The minimum atomic E-state index is -3.47. The Balaban J connectivity index is 1.69. The highest BCUT2D eigenvalue weighted by atomic mass is 32.2. The van der Waals surface area contributed by atoms with Crippen molar-refractivity contribution in [1.82, 2.24) is 9.73 Å². The Morgan fingerprint density at radius 1 is 1.21 bits per heavy atom. The van der Waals surface area contributed by atoms with Crippen molar-refractivity contribution in [1.29, 1.82) is 0 Å². The number of benzene rings is 1. The van der Waals surface area contributed by atoms with E-state index in [2.05, 4.69) is 23.2 Å². The standard InChI is InChI=1S/C21H27N3O3S/c1-15(2)18-7-6-16(3)20(14-18)22-23-21(25)17-8-10-19(11-9-17)28(26,27)24-12-4-5-13-24/h6,8-11,18H,1,4-5,7,12-14H2,2-3H3,(H,23,25)/b22-20-/t18-/m1/s1. The van der Waals surface area contributed by atoms with Crippen LogP contribution in [0, 0.1) is 5.92 Å². The van der Waals surface area contributed by atoms with Crippen LogP contribution in [-0.4, -0.2) is 37.4 Å². The Morgan fingerprint density at radius 2 is 1.86 bits per heavy atom. The lowest BCUT2D eigenvalue weighted by molar-refractivity contribution is 0.0954. The molecule has 1 amide bonds. The number of amides is 1. The highest BCUT2D eigenvalue weighted by Crippen LogP contribution is 2.26. The molecule has 1 heterocycles. The van der Waals surface area contributed by atoms with Gasteiger partial charge in [0.15, 0.2) is 0 Å². The van der Waals surface area contributed by atoms with Crippen molar-refractivity contribution in [2.24, 2.45) is 11.0 Å². The summed E-state index contributed by atoms with van der Waals surface area (Å²) in [6.45, 7) is 9.12. The summed E-state index contributed by atoms with van der Waals surface area (Å²) in [7, 11) is -3.47. The van der Waals surface area contributed by atoms with Crippen LogP contribution in [0.15, 0.2) is 58.1 Å². The molecular weight excluding hydrogens is 374 g/mol. The zero-order valence-corrected chi connectivity index (χ0v) is 17.3. The number of nitrogens with one attached hydrogen (secondary N) is 1. The van der Waals surface area contributed by atoms with Gasteiger partial charge < -0.3 is 0 Å². The number of nitrogens with zero attached hydrogens (tertiary/aromatic N) is 2. The Hall–Kier alpha value is -2.25. The van der Waals surface area contributed by atoms with Gasteiger partial charge in [0.25, 0.3) is 5.91 Å². The van der Waals surface area contributed by atoms with E-state index in [0.717, 1.165) is 42.5 Å². The van der Waals surface area contributed by atoms with Gasteiger partial charge >= 0.3 is 0 Å². The minimum absolute atomic E-state index is 0.215. The predicted molar refractivity (Wildman–Crippen MR) is 111 cm³/mol. The third kappa shape index (κ3) is 4.42. The number of hydrogen-bond donors (Lipinski definition) is 1. The molecule has 0 aromatic heterocycles. The maximum absolute atomic E-state index is 12.6. The molecule has 7 heteroatoms. The van der Waals surface area contributed by atoms with Crippen LogP contribution < -0.4 is 5.43 Å². The van der Waals surface area contributed by atoms with Crippen molar-refractivity contribution in [2.75, 3.05) is 13.1 Å². The van der Waals surface area contributed by atoms with Crippen molar-refractivity contribution in [3.8, 4) is 0 Å². The number of hydrogen-bond acceptors (Lipinski definition) is 4. The average Bonchev–Trinajstić information content (AvgIpc) is 3.22. The number of carbonyl (C=O) groups is 1. The molecule has 6 nitrogen and oxygen atoms in total. The smallest absolute Gasteiger partial charge is 0.267 e. The Labute approximate surface area is 167 Å². The number of carbonyl (C=O) groups excluding carboxylic acids is 1. The molecule has 1 fully saturated rings. The second-order valence-corrected chi connectivity index (χ2v) is 9.44. The zero-order valence-electron chi connectivity index (χ0n) is 16.4. The Kier molecular flexibility index (Phi) is 6.15. The number of allylic oxidation sites excluding steroid dienone is 3. The molecule has 1 aliphatic carbocycles. The molecule has 1 aliphatic heterocycles. The number of rotatable bonds is 5. The van der Waals surface area contributed by atoms with E-state index in [1.807, 2.05) is 13.8 Å². The van der Waals surface area contributed by atoms with Crippen molar-refractivity contribution in [3.63, 3.8) is 0 Å². The third-order valence-corrected chi connectivity index (χ3v) is 7.33. The summed E-state index contributed by atoms with van der Waals surface area (Å²) in [4.78, 5) is 12.6. The Bertz CT molecular complexity index is 924. The highest BCUT2D eigenvalue weighted by molar-refractivity contribution is 7.89. The monoisotopic (exact) mass is 401 g/mol. The fourth-order valence-corrected chi connectivity index (χ4v) is 4.98. The minimum Gasteiger partial charge on any atom is -0.267 e. The summed E-state index contributed by atoms with van der Waals surface area (Å²) in [5.74, 6) is -0.0164. The summed E-state index contributed by atoms with van der Waals surface area (Å²) < 4.78 is 26.6. The molecule has 28 heavy (non-hydrogen) atoms. The summed E-state index contributed by atoms with van der Waals surface area (Å²) >= 11 is 0. The van der Waals surface area contributed by atoms with E-state index in [1.54, 1.807) is 0 Å². The topological polar surface area (TPSA) is 78.8 Å². The fourth-order valence-electron chi connectivity index (χ4n) is 3.46. The van der Waals surface area contributed by atoms with Crippen molar-refractivity contribution in [2.45, 2.75) is 44.4 Å². The fraction of sp³-hybridized carbons (Fsp3) is 0.429. The van der Waals surface area contributed by atoms with Crippen LogP contribution in [0.4, 0.5) is 0 Å². The van der Waals surface area contributed by atoms with Crippen molar-refractivity contribution < 1.29 is 13.2 Å². The molecule has 0 unspecified atom stereocenters. The molecule has 0 bridgehead atoms. The van der Waals surface area contributed by atoms with E-state index in [9.17, 15) is 13.2 Å². The summed E-state index contributed by atoms with van der Waals surface area (Å²) in [5, 5.41) is 4.29. The maximum atomic E-state index is 12.6. The predicted octanol–water partition coefficient (Wildman–Crippen LogP) is 3.49. The van der Waals surface area contributed by atoms with Gasteiger partial charge in [-0.15, -0.1) is 0 Å². The first-order chi connectivity index (χ1) is 13.3. The van der Waals surface area contributed by atoms with Gasteiger partial charge in [-0.25, -0.2) is 13.8 Å². The van der Waals surface area contributed by atoms with Crippen LogP contribution in [0.1, 0.15) is 49.9 Å². The van der Waals surface area contributed by atoms with Crippen LogP contribution in [0.2, 0.25) is 0 Å². The van der Waals surface area contributed by atoms with Gasteiger partial charge in [0.1, 0.15) is 0 Å². The molecule has 150 valence electrons. The number of sulfonamides is 1. The zero-order chi connectivity index (χ0) is 20.3. The van der Waals surface area contributed by atoms with Gasteiger partial charge in [0.05, 0.1) is 10.6 Å². The molecule has 1 N–H and O–H groups in total. The van der Waals surface area contributed by atoms with Crippen LogP contribution in [0.25, 0.3) is 0 Å². The van der Waals surface area contributed by atoms with Gasteiger partial charge in [-0.3, -0.25) is 4.79 Å². The summed E-state index contributed by atoms with van der Waals surface area (Å²) in [6, 6.07) is 6.02. The van der Waals surface area contributed by atoms with E-state index in [0.29, 0.717) is 24.6 Å². The number of hydrazone groups is 1. The molecule has 1 saturated heterocycles. The van der Waals surface area contributed by atoms with E-state index < -0.39 is 10.0 Å². The second-order valence-electron chi connectivity index (χ2n) is 7.51. The molecule has 1 aromatic rings. The van der Waals surface area contributed by atoms with E-state index >= 15 is 0 Å². The molecule has 3 rings (SSSR count). The van der Waals surface area contributed by atoms with Crippen LogP contribution in [-0.2, 0) is 10.0 Å². The maximum Gasteiger partial charge on any atom is 0.271 e. The second kappa shape index (κ2) is 8.41. The third-order valence-electron chi connectivity index (χ3n) is 5.41. The van der Waals surface area contributed by atoms with Crippen LogP contribution in [0.3, 0.4) is 0 Å². The average molecular weight is 402 g/mol. The molecular formula is C21H27N3O3S. The molecule has 0 saturated carbocycles. The lowest BCUT2D eigenvalue weighted by Gasteiger charge is -2.22.